The monoisotopic (exact) mass is 326 g/mol. The Morgan fingerprint density at radius 2 is 2.18 bits per heavy atom. The summed E-state index contributed by atoms with van der Waals surface area (Å²) in [4.78, 5) is 21.9. The molecule has 118 valence electrons. The van der Waals surface area contributed by atoms with E-state index in [1.807, 2.05) is 0 Å². The number of aliphatic hydroxyl groups is 1. The van der Waals surface area contributed by atoms with Gasteiger partial charge < -0.3 is 15.2 Å². The predicted molar refractivity (Wildman–Crippen MR) is 81.1 cm³/mol. The van der Waals surface area contributed by atoms with Crippen LogP contribution >= 0.6 is 11.6 Å². The van der Waals surface area contributed by atoms with E-state index in [1.54, 1.807) is 0 Å². The molecule has 0 atom stereocenters. The van der Waals surface area contributed by atoms with Gasteiger partial charge in [-0.2, -0.15) is 0 Å². The fourth-order valence-electron chi connectivity index (χ4n) is 1.46. The maximum absolute atomic E-state index is 11.6. The molecule has 0 fully saturated rings. The second kappa shape index (κ2) is 7.11. The molecule has 0 unspecified atom stereocenters. The Kier molecular flexibility index (Phi) is 5.74. The second-order valence-corrected chi connectivity index (χ2v) is 5.17. The summed E-state index contributed by atoms with van der Waals surface area (Å²) in [6.45, 7) is 2.87. The van der Waals surface area contributed by atoms with Crippen LogP contribution in [-0.2, 0) is 0 Å². The van der Waals surface area contributed by atoms with E-state index in [0.717, 1.165) is 6.07 Å². The topological polar surface area (TPSA) is 102 Å². The molecular weight excluding hydrogens is 312 g/mol. The summed E-state index contributed by atoms with van der Waals surface area (Å²) in [6, 6.07) is 2.36. The Morgan fingerprint density at radius 1 is 1.55 bits per heavy atom. The van der Waals surface area contributed by atoms with Gasteiger partial charge in [0.05, 0.1) is 4.92 Å². The number of ether oxygens (including phenoxy) is 1. The number of rotatable bonds is 4. The van der Waals surface area contributed by atoms with Gasteiger partial charge in [-0.25, -0.2) is 0 Å². The molecule has 22 heavy (non-hydrogen) atoms. The number of halogens is 1. The third kappa shape index (κ3) is 4.91. The predicted octanol–water partition coefficient (Wildman–Crippen LogP) is 1.76. The van der Waals surface area contributed by atoms with Gasteiger partial charge in [0, 0.05) is 18.7 Å². The third-order valence-corrected chi connectivity index (χ3v) is 2.78. The van der Waals surface area contributed by atoms with Gasteiger partial charge in [-0.3, -0.25) is 14.9 Å². The molecule has 0 aliphatic carbocycles. The molecule has 0 heterocycles. The quantitative estimate of drug-likeness (QED) is 0.498. The van der Waals surface area contributed by atoms with E-state index in [-0.39, 0.29) is 22.9 Å². The number of carbonyl (C=O) groups excluding carboxylic acids is 1. The standard InChI is InChI=1S/C14H15ClN2O5/c1-14(2,19)5-4-6-22-11-8-9(13(18)16-3)7-10(12(11)15)17(20)21/h7-8,19H,6H2,1-3H3,(H,16,18). The van der Waals surface area contributed by atoms with Crippen molar-refractivity contribution in [1.82, 2.24) is 5.32 Å². The molecule has 0 bridgehead atoms. The molecule has 2 N–H and O–H groups in total. The van der Waals surface area contributed by atoms with Gasteiger partial charge in [0.25, 0.3) is 11.6 Å². The Balaban J connectivity index is 3.11. The first-order chi connectivity index (χ1) is 10.2. The van der Waals surface area contributed by atoms with Crippen molar-refractivity contribution in [2.45, 2.75) is 19.4 Å². The van der Waals surface area contributed by atoms with Crippen LogP contribution in [0.25, 0.3) is 0 Å². The highest BCUT2D eigenvalue weighted by Crippen LogP contribution is 2.35. The number of carbonyl (C=O) groups is 1. The fourth-order valence-corrected chi connectivity index (χ4v) is 1.70. The van der Waals surface area contributed by atoms with Gasteiger partial charge in [0.1, 0.15) is 18.0 Å². The number of nitro groups is 1. The van der Waals surface area contributed by atoms with Gasteiger partial charge in [0.2, 0.25) is 0 Å². The average Bonchev–Trinajstić information content (AvgIpc) is 2.42. The van der Waals surface area contributed by atoms with E-state index in [9.17, 15) is 20.0 Å². The lowest BCUT2D eigenvalue weighted by molar-refractivity contribution is -0.384. The minimum absolute atomic E-state index is 0.0282. The SMILES string of the molecule is CNC(=O)c1cc(OCC#CC(C)(C)O)c(Cl)c([N+](=O)[O-])c1. The van der Waals surface area contributed by atoms with E-state index in [1.165, 1.54) is 27.0 Å². The molecule has 1 rings (SSSR count). The summed E-state index contributed by atoms with van der Waals surface area (Å²) < 4.78 is 5.26. The number of amides is 1. The van der Waals surface area contributed by atoms with Gasteiger partial charge in [0.15, 0.2) is 5.02 Å². The van der Waals surface area contributed by atoms with E-state index < -0.39 is 22.1 Å². The van der Waals surface area contributed by atoms with Crippen LogP contribution in [0.1, 0.15) is 24.2 Å². The number of benzene rings is 1. The van der Waals surface area contributed by atoms with Crippen LogP contribution in [0.2, 0.25) is 5.02 Å². The summed E-state index contributed by atoms with van der Waals surface area (Å²) >= 11 is 5.90. The van der Waals surface area contributed by atoms with Crippen molar-refractivity contribution in [3.05, 3.63) is 32.8 Å². The van der Waals surface area contributed by atoms with Crippen molar-refractivity contribution < 1.29 is 19.6 Å². The van der Waals surface area contributed by atoms with E-state index in [0.29, 0.717) is 0 Å². The molecule has 0 spiro atoms. The molecule has 0 radical (unpaired) electrons. The zero-order valence-corrected chi connectivity index (χ0v) is 13.0. The van der Waals surface area contributed by atoms with Crippen molar-refractivity contribution in [1.29, 1.82) is 0 Å². The van der Waals surface area contributed by atoms with E-state index in [4.69, 9.17) is 16.3 Å². The first-order valence-electron chi connectivity index (χ1n) is 6.21. The summed E-state index contributed by atoms with van der Waals surface area (Å²) in [5.41, 5.74) is -1.57. The minimum Gasteiger partial charge on any atom is -0.479 e. The fraction of sp³-hybridized carbons (Fsp3) is 0.357. The van der Waals surface area contributed by atoms with E-state index in [2.05, 4.69) is 17.2 Å². The Morgan fingerprint density at radius 3 is 2.68 bits per heavy atom. The van der Waals surface area contributed by atoms with Crippen molar-refractivity contribution in [2.24, 2.45) is 0 Å². The van der Waals surface area contributed by atoms with Gasteiger partial charge in [-0.15, -0.1) is 0 Å². The third-order valence-electron chi connectivity index (χ3n) is 2.40. The van der Waals surface area contributed by atoms with Crippen LogP contribution in [0.15, 0.2) is 12.1 Å². The number of hydrogen-bond donors (Lipinski definition) is 2. The minimum atomic E-state index is -1.18. The zero-order chi connectivity index (χ0) is 16.9. The second-order valence-electron chi connectivity index (χ2n) is 4.79. The largest absolute Gasteiger partial charge is 0.479 e. The number of hydrogen-bond acceptors (Lipinski definition) is 5. The van der Waals surface area contributed by atoms with Crippen LogP contribution in [0.4, 0.5) is 5.69 Å². The molecule has 8 heteroatoms. The Labute approximate surface area is 132 Å². The average molecular weight is 327 g/mol. The van der Waals surface area contributed by atoms with Crippen molar-refractivity contribution in [2.75, 3.05) is 13.7 Å². The maximum Gasteiger partial charge on any atom is 0.292 e. The van der Waals surface area contributed by atoms with Crippen LogP contribution in [0, 0.1) is 22.0 Å². The molecule has 7 nitrogen and oxygen atoms in total. The van der Waals surface area contributed by atoms with Crippen molar-refractivity contribution in [3.8, 4) is 17.6 Å². The normalized spacial score (nSPS) is 10.4. The van der Waals surface area contributed by atoms with Gasteiger partial charge in [-0.1, -0.05) is 23.4 Å². The van der Waals surface area contributed by atoms with Crippen LogP contribution in [0.3, 0.4) is 0 Å². The van der Waals surface area contributed by atoms with Crippen LogP contribution < -0.4 is 10.1 Å². The molecule has 0 saturated carbocycles. The highest BCUT2D eigenvalue weighted by molar-refractivity contribution is 6.34. The summed E-state index contributed by atoms with van der Waals surface area (Å²) in [5.74, 6) is 4.55. The number of nitrogens with one attached hydrogen (secondary N) is 1. The number of nitrogens with zero attached hydrogens (tertiary/aromatic N) is 1. The highest BCUT2D eigenvalue weighted by atomic mass is 35.5. The molecule has 0 saturated heterocycles. The first-order valence-corrected chi connectivity index (χ1v) is 6.58. The lowest BCUT2D eigenvalue weighted by atomic mass is 10.1. The lowest BCUT2D eigenvalue weighted by Gasteiger charge is -2.09. The zero-order valence-electron chi connectivity index (χ0n) is 12.3. The summed E-state index contributed by atoms with van der Waals surface area (Å²) in [6.07, 6.45) is 0. The summed E-state index contributed by atoms with van der Waals surface area (Å²) in [5, 5.41) is 22.5. The number of nitro benzene ring substituents is 1. The van der Waals surface area contributed by atoms with Crippen LogP contribution in [0.5, 0.6) is 5.75 Å². The molecule has 0 aliphatic rings. The smallest absolute Gasteiger partial charge is 0.292 e. The lowest BCUT2D eigenvalue weighted by Crippen LogP contribution is -2.18. The molecule has 1 aromatic carbocycles. The first kappa shape index (κ1) is 17.8. The maximum atomic E-state index is 11.6. The Hall–Kier alpha value is -2.30. The van der Waals surface area contributed by atoms with E-state index >= 15 is 0 Å². The van der Waals surface area contributed by atoms with Crippen molar-refractivity contribution >= 4 is 23.2 Å². The molecular formula is C14H15ClN2O5. The molecule has 1 amide bonds. The van der Waals surface area contributed by atoms with Crippen LogP contribution in [-0.4, -0.2) is 35.2 Å². The van der Waals surface area contributed by atoms with Crippen molar-refractivity contribution in [3.63, 3.8) is 0 Å². The molecule has 0 aliphatic heterocycles. The van der Waals surface area contributed by atoms with Gasteiger partial charge >= 0.3 is 0 Å². The van der Waals surface area contributed by atoms with Gasteiger partial charge in [-0.05, 0) is 19.9 Å². The molecule has 0 aromatic heterocycles. The Bertz CT molecular complexity index is 656. The summed E-state index contributed by atoms with van der Waals surface area (Å²) in [7, 11) is 1.40. The molecule has 1 aromatic rings. The highest BCUT2D eigenvalue weighted by Gasteiger charge is 2.21.